The predicted molar refractivity (Wildman–Crippen MR) is 287 cm³/mol. The Bertz CT molecular complexity index is 2550. The molecule has 8 rings (SSSR count). The van der Waals surface area contributed by atoms with Crippen molar-refractivity contribution in [2.45, 2.75) is 152 Å². The summed E-state index contributed by atoms with van der Waals surface area (Å²) in [5.74, 6) is -1.03. The van der Waals surface area contributed by atoms with Gasteiger partial charge in [0.1, 0.15) is 41.7 Å². The van der Waals surface area contributed by atoms with Crippen molar-refractivity contribution in [2.24, 2.45) is 5.73 Å². The number of halogens is 1. The van der Waals surface area contributed by atoms with Gasteiger partial charge in [0.05, 0.1) is 44.4 Å². The number of para-hydroxylation sites is 2. The van der Waals surface area contributed by atoms with E-state index < -0.39 is 71.6 Å². The molecule has 6 aliphatic heterocycles. The number of urea groups is 2. The number of carbonyl (C=O) groups is 9. The van der Waals surface area contributed by atoms with Crippen molar-refractivity contribution in [2.75, 3.05) is 53.5 Å². The van der Waals surface area contributed by atoms with Crippen LogP contribution in [0.1, 0.15) is 109 Å². The Morgan fingerprint density at radius 3 is 1.41 bits per heavy atom. The molecular weight excluding hydrogens is 1030 g/mol. The number of nitrogens with zero attached hydrogens (tertiary/aromatic N) is 5. The van der Waals surface area contributed by atoms with Gasteiger partial charge in [0.25, 0.3) is 0 Å². The van der Waals surface area contributed by atoms with E-state index in [2.05, 4.69) is 31.9 Å². The standard InChI is InChI=1S/C29H42N6O7.C24H34N6O5.ClH/c1-17(35(28(40)41)29(2,3)4)24(36)32-21-16-33(27(39)30-5)14-12-18-10-11-22(34(18)26(21)38)25(37)31-20-13-15-42-23-9-7-6-8-19(20)23;1-14(25)21(31)28-18-13-29(24(34)26-2)11-9-15-7-8-19(30(15)23(18)33)22(32)27-17-10-12-35-20-6-4-3-5-16(17)20;/h6-9,17-18,20-22H,10-16H2,1-5H3,(H,30,39)(H,31,37)(H,32,36)(H,40,41);3-6,14-15,17-19H,7-13,25H2,1-2H3,(H,26,34)(H,27,32)(H,28,31);1H/t17-,18+,20+,21-,22-;14-,15+,17+,18-,19-;/m00./s1. The van der Waals surface area contributed by atoms with E-state index in [1.54, 1.807) is 30.6 Å². The minimum Gasteiger partial charge on any atom is -0.493 e. The van der Waals surface area contributed by atoms with Crippen LogP contribution in [-0.2, 0) is 28.8 Å². The number of ether oxygens (including phenoxy) is 2. The van der Waals surface area contributed by atoms with Crippen LogP contribution in [0.25, 0.3) is 0 Å². The molecule has 0 unspecified atom stereocenters. The molecule has 0 radical (unpaired) electrons. The Kier molecular flexibility index (Phi) is 20.1. The van der Waals surface area contributed by atoms with E-state index in [1.165, 1.54) is 37.7 Å². The van der Waals surface area contributed by atoms with Gasteiger partial charge in [-0.25, -0.2) is 14.4 Å². The largest absolute Gasteiger partial charge is 0.493 e. The SMILES string of the molecule is CNC(=O)N1CC[C@H]2CC[C@@H](C(=O)N[C@@H]3CCOc4ccccc43)N2C(=O)[C@@H](NC(=O)[C@H](C)N(C(=O)O)C(C)(C)C)C1.CNC(=O)N1CC[C@H]2CC[C@@H](C(=O)N[C@@H]3CCOc4ccccc43)N2C(=O)[C@@H](NC(=O)[C@H](C)N)C1.Cl. The highest BCUT2D eigenvalue weighted by Crippen LogP contribution is 2.36. The van der Waals surface area contributed by atoms with Gasteiger partial charge in [-0.15, -0.1) is 12.4 Å². The lowest BCUT2D eigenvalue weighted by Gasteiger charge is -2.40. The molecule has 0 spiro atoms. The van der Waals surface area contributed by atoms with Gasteiger partial charge < -0.3 is 71.8 Å². The van der Waals surface area contributed by atoms with Gasteiger partial charge in [-0.3, -0.25) is 33.7 Å². The lowest BCUT2D eigenvalue weighted by Crippen LogP contribution is -2.64. The highest BCUT2D eigenvalue weighted by molar-refractivity contribution is 5.96. The number of nitrogens with two attached hydrogens (primary N) is 1. The molecule has 6 heterocycles. The molecule has 25 heteroatoms. The highest BCUT2D eigenvalue weighted by Gasteiger charge is 2.48. The summed E-state index contributed by atoms with van der Waals surface area (Å²) in [5.41, 5.74) is 6.63. The first kappa shape index (κ1) is 60.2. The predicted octanol–water partition coefficient (Wildman–Crippen LogP) is 1.97. The van der Waals surface area contributed by atoms with Gasteiger partial charge in [-0.2, -0.15) is 0 Å². The molecule has 2 aromatic rings. The second kappa shape index (κ2) is 26.0. The summed E-state index contributed by atoms with van der Waals surface area (Å²) in [5, 5.41) is 26.6. The van der Waals surface area contributed by atoms with Crippen LogP contribution in [0.2, 0.25) is 0 Å². The minimum atomic E-state index is -1.27. The van der Waals surface area contributed by atoms with E-state index in [4.69, 9.17) is 15.2 Å². The van der Waals surface area contributed by atoms with E-state index in [9.17, 15) is 48.3 Å². The van der Waals surface area contributed by atoms with Crippen molar-refractivity contribution in [1.29, 1.82) is 0 Å². The number of carbonyl (C=O) groups excluding carboxylic acids is 8. The van der Waals surface area contributed by atoms with Crippen LogP contribution in [0.15, 0.2) is 48.5 Å². The molecule has 0 aromatic heterocycles. The average molecular weight is 1110 g/mol. The maximum Gasteiger partial charge on any atom is 0.408 e. The van der Waals surface area contributed by atoms with Crippen molar-refractivity contribution in [3.05, 3.63) is 59.7 Å². The third kappa shape index (κ3) is 13.6. The molecule has 0 saturated carbocycles. The van der Waals surface area contributed by atoms with Crippen molar-refractivity contribution < 1.29 is 57.7 Å². The first-order valence-corrected chi connectivity index (χ1v) is 26.6. The molecule has 10 atom stereocenters. The molecule has 0 aliphatic carbocycles. The fraction of sp³-hybridized carbons (Fsp3) is 0.604. The van der Waals surface area contributed by atoms with Gasteiger partial charge in [0, 0.05) is 68.8 Å². The van der Waals surface area contributed by atoms with E-state index in [0.29, 0.717) is 77.7 Å². The van der Waals surface area contributed by atoms with E-state index in [0.717, 1.165) is 27.5 Å². The van der Waals surface area contributed by atoms with E-state index >= 15 is 0 Å². The topological polar surface area (TPSA) is 307 Å². The minimum absolute atomic E-state index is 0. The molecule has 428 valence electrons. The molecule has 6 aliphatic rings. The number of nitrogens with one attached hydrogen (secondary N) is 6. The summed E-state index contributed by atoms with van der Waals surface area (Å²) >= 11 is 0. The number of hydrogen-bond acceptors (Lipinski definition) is 12. The lowest BCUT2D eigenvalue weighted by atomic mass is 10.00. The van der Waals surface area contributed by atoms with E-state index in [1.807, 2.05) is 48.5 Å². The van der Waals surface area contributed by atoms with Crippen LogP contribution in [0.5, 0.6) is 11.5 Å². The van der Waals surface area contributed by atoms with Gasteiger partial charge in [0.2, 0.25) is 35.4 Å². The molecule has 11 amide bonds. The summed E-state index contributed by atoms with van der Waals surface area (Å²) in [4.78, 5) is 125. The van der Waals surface area contributed by atoms with Crippen LogP contribution >= 0.6 is 12.4 Å². The smallest absolute Gasteiger partial charge is 0.408 e. The molecular formula is C53H77ClN12O12. The average Bonchev–Trinajstić information content (AvgIpc) is 4.07. The van der Waals surface area contributed by atoms with Crippen LogP contribution in [0, 0.1) is 0 Å². The summed E-state index contributed by atoms with van der Waals surface area (Å²) in [6.07, 6.45) is 3.18. The molecule has 24 nitrogen and oxygen atoms in total. The number of amides is 11. The first-order valence-electron chi connectivity index (χ1n) is 26.6. The fourth-order valence-corrected chi connectivity index (χ4v) is 11.4. The fourth-order valence-electron chi connectivity index (χ4n) is 11.4. The third-order valence-electron chi connectivity index (χ3n) is 15.3. The Morgan fingerprint density at radius 2 is 1.03 bits per heavy atom. The summed E-state index contributed by atoms with van der Waals surface area (Å²) in [7, 11) is 3.01. The Labute approximate surface area is 460 Å². The van der Waals surface area contributed by atoms with Crippen LogP contribution in [0.4, 0.5) is 14.4 Å². The zero-order valence-corrected chi connectivity index (χ0v) is 46.3. The zero-order chi connectivity index (χ0) is 55.9. The molecule has 4 fully saturated rings. The first-order chi connectivity index (χ1) is 36.6. The zero-order valence-electron chi connectivity index (χ0n) is 45.5. The Balaban J connectivity index is 0.000000253. The second-order valence-electron chi connectivity index (χ2n) is 21.4. The normalized spacial score (nSPS) is 25.3. The van der Waals surface area contributed by atoms with Crippen LogP contribution in [-0.4, -0.2) is 191 Å². The van der Waals surface area contributed by atoms with Crippen LogP contribution < -0.4 is 47.1 Å². The molecule has 2 aromatic carbocycles. The maximum absolute atomic E-state index is 14.1. The number of hydrogen-bond donors (Lipinski definition) is 8. The number of benzene rings is 2. The molecule has 4 saturated heterocycles. The third-order valence-corrected chi connectivity index (χ3v) is 15.3. The molecule has 9 N–H and O–H groups in total. The monoisotopic (exact) mass is 1110 g/mol. The summed E-state index contributed by atoms with van der Waals surface area (Å²) < 4.78 is 11.4. The van der Waals surface area contributed by atoms with Gasteiger partial charge in [0.15, 0.2) is 0 Å². The van der Waals surface area contributed by atoms with Gasteiger partial charge >= 0.3 is 18.2 Å². The van der Waals surface area contributed by atoms with Crippen molar-refractivity contribution >= 4 is 66.0 Å². The van der Waals surface area contributed by atoms with Crippen molar-refractivity contribution in [3.8, 4) is 11.5 Å². The quantitative estimate of drug-likeness (QED) is 0.178. The second-order valence-corrected chi connectivity index (χ2v) is 21.4. The summed E-state index contributed by atoms with van der Waals surface area (Å²) in [6.45, 7) is 9.57. The van der Waals surface area contributed by atoms with Gasteiger partial charge in [-0.1, -0.05) is 36.4 Å². The Hall–Kier alpha value is -7.08. The Morgan fingerprint density at radius 1 is 0.615 bits per heavy atom. The van der Waals surface area contributed by atoms with E-state index in [-0.39, 0.29) is 73.4 Å². The van der Waals surface area contributed by atoms with Gasteiger partial charge in [-0.05, 0) is 85.3 Å². The summed E-state index contributed by atoms with van der Waals surface area (Å²) in [6, 6.07) is 7.97. The number of carboxylic acid groups (broad SMARTS) is 1. The lowest BCUT2D eigenvalue weighted by molar-refractivity contribution is -0.145. The highest BCUT2D eigenvalue weighted by atomic mass is 35.5. The number of rotatable bonds is 9. The van der Waals surface area contributed by atoms with Crippen LogP contribution in [0.3, 0.4) is 0 Å². The van der Waals surface area contributed by atoms with Crippen molar-refractivity contribution in [3.63, 3.8) is 0 Å². The van der Waals surface area contributed by atoms with Crippen molar-refractivity contribution in [1.82, 2.24) is 56.4 Å². The molecule has 78 heavy (non-hydrogen) atoms. The maximum atomic E-state index is 14.1. The number of fused-ring (bicyclic) bond motifs is 4. The molecule has 0 bridgehead atoms.